The second kappa shape index (κ2) is 5.09. The van der Waals surface area contributed by atoms with Crippen LogP contribution in [0.25, 0.3) is 0 Å². The topological polar surface area (TPSA) is 0 Å². The van der Waals surface area contributed by atoms with Crippen molar-refractivity contribution in [1.29, 1.82) is 0 Å². The summed E-state index contributed by atoms with van der Waals surface area (Å²) < 4.78 is 0. The van der Waals surface area contributed by atoms with Gasteiger partial charge < -0.3 is 12.6 Å². The molecule has 0 atom stereocenters. The minimum atomic E-state index is 0. The second-order valence-electron chi connectivity index (χ2n) is 1.05. The van der Waals surface area contributed by atoms with Crippen LogP contribution in [0.4, 0.5) is 0 Å². The molecule has 0 saturated carbocycles. The van der Waals surface area contributed by atoms with Gasteiger partial charge in [0.05, 0.1) is 0 Å². The van der Waals surface area contributed by atoms with Crippen LogP contribution < -0.4 is 0 Å². The Morgan fingerprint density at radius 2 is 1.40 bits per heavy atom. The zero-order valence-electron chi connectivity index (χ0n) is 3.29. The van der Waals surface area contributed by atoms with E-state index in [1.807, 2.05) is 13.8 Å². The molecule has 0 aliphatic rings. The molecule has 0 aromatic carbocycles. The van der Waals surface area contributed by atoms with E-state index in [-0.39, 0.29) is 22.4 Å². The predicted octanol–water partition coefficient (Wildman–Crippen LogP) is 0.939. The molecule has 0 radical (unpaired) electrons. The molecule has 2 heteroatoms. The number of hydrogen-bond donors (Lipinski definition) is 0. The van der Waals surface area contributed by atoms with Gasteiger partial charge in [-0.15, -0.1) is 0 Å². The van der Waals surface area contributed by atoms with E-state index >= 15 is 0 Å². The fraction of sp³-hybridized carbons (Fsp3) is 1.00. The van der Waals surface area contributed by atoms with Crippen LogP contribution in [0.3, 0.4) is 0 Å². The van der Waals surface area contributed by atoms with E-state index in [9.17, 15) is 0 Å². The molecule has 0 rings (SSSR count). The third-order valence-corrected chi connectivity index (χ3v) is 0. The summed E-state index contributed by atoms with van der Waals surface area (Å²) in [5.41, 5.74) is 0. The molecule has 0 heterocycles. The Hall–Kier alpha value is 1.09. The molecule has 0 fully saturated rings. The van der Waals surface area contributed by atoms with Crippen LogP contribution in [-0.4, -0.2) is 5.25 Å². The molecule has 0 spiro atoms. The minimum Gasteiger partial charge on any atom is -0.790 e. The van der Waals surface area contributed by atoms with Crippen molar-refractivity contribution in [3.8, 4) is 0 Å². The van der Waals surface area contributed by atoms with Crippen molar-refractivity contribution in [3.05, 3.63) is 0 Å². The summed E-state index contributed by atoms with van der Waals surface area (Å²) in [7, 11) is 0. The molecule has 0 unspecified atom stereocenters. The first kappa shape index (κ1) is 9.43. The maximum Gasteiger partial charge on any atom is 1.00 e. The molecular weight excluding hydrogens is 265 g/mol. The molecule has 5 heavy (non-hydrogen) atoms. The Morgan fingerprint density at radius 1 is 1.40 bits per heavy atom. The molecule has 0 aliphatic carbocycles. The van der Waals surface area contributed by atoms with Crippen LogP contribution in [0.15, 0.2) is 0 Å². The van der Waals surface area contributed by atoms with Crippen LogP contribution in [0, 0.1) is 0 Å². The van der Waals surface area contributed by atoms with Crippen molar-refractivity contribution in [3.63, 3.8) is 0 Å². The molecule has 0 saturated heterocycles. The molecule has 36 valence electrons. The zero-order valence-corrected chi connectivity index (χ0v) is 6.27. The summed E-state index contributed by atoms with van der Waals surface area (Å²) in [5, 5.41) is 0.417. The molecule has 0 aromatic heterocycles. The second-order valence-corrected chi connectivity index (χ2v) is 1.99. The van der Waals surface area contributed by atoms with Crippen molar-refractivity contribution in [2.24, 2.45) is 0 Å². The average Bonchev–Trinajstić information content (AvgIpc) is 0.811. The number of hydrogen-bond acceptors (Lipinski definition) is 1. The predicted molar refractivity (Wildman–Crippen MR) is 22.5 cm³/mol. The van der Waals surface area contributed by atoms with Crippen LogP contribution in [-0.2, 0) is 35.0 Å². The van der Waals surface area contributed by atoms with Gasteiger partial charge in [-0.2, -0.15) is 5.25 Å². The van der Waals surface area contributed by atoms with Crippen molar-refractivity contribution < 1.29 is 22.4 Å². The van der Waals surface area contributed by atoms with Crippen LogP contribution in [0.1, 0.15) is 13.8 Å². The van der Waals surface area contributed by atoms with Gasteiger partial charge in [-0.1, -0.05) is 13.8 Å². The third kappa shape index (κ3) is 40.9. The van der Waals surface area contributed by atoms with Crippen LogP contribution in [0.5, 0.6) is 0 Å². The van der Waals surface area contributed by atoms with Gasteiger partial charge >= 0.3 is 22.4 Å². The Balaban J connectivity index is 0. The minimum absolute atomic E-state index is 0. The zero-order chi connectivity index (χ0) is 3.58. The molecule has 0 nitrogen and oxygen atoms in total. The van der Waals surface area contributed by atoms with Crippen molar-refractivity contribution in [1.82, 2.24) is 0 Å². The summed E-state index contributed by atoms with van der Waals surface area (Å²) >= 11 is 4.62. The van der Waals surface area contributed by atoms with Gasteiger partial charge in [-0.05, 0) is 0 Å². The molecule has 0 bridgehead atoms. The monoisotopic (exact) mass is 272 g/mol. The fourth-order valence-corrected chi connectivity index (χ4v) is 0. The largest absolute Gasteiger partial charge is 1.00 e. The van der Waals surface area contributed by atoms with Crippen LogP contribution in [0.2, 0.25) is 0 Å². The van der Waals surface area contributed by atoms with Gasteiger partial charge in [-0.25, -0.2) is 0 Å². The van der Waals surface area contributed by atoms with Gasteiger partial charge in [0, 0.05) is 0 Å². The summed E-state index contributed by atoms with van der Waals surface area (Å²) in [5.74, 6) is 0. The Bertz CT molecular complexity index is 11.6. The molecule has 0 aromatic rings. The van der Waals surface area contributed by atoms with Gasteiger partial charge in [-0.3, -0.25) is 0 Å². The fourth-order valence-electron chi connectivity index (χ4n) is 0. The Labute approximate surface area is 54.3 Å². The van der Waals surface area contributed by atoms with Gasteiger partial charge in [0.25, 0.3) is 0 Å². The molecular formula is C3H7AuS. The van der Waals surface area contributed by atoms with Crippen molar-refractivity contribution >= 4 is 12.6 Å². The quantitative estimate of drug-likeness (QED) is 0.467. The van der Waals surface area contributed by atoms with Gasteiger partial charge in [0.1, 0.15) is 0 Å². The average molecular weight is 272 g/mol. The summed E-state index contributed by atoms with van der Waals surface area (Å²) in [6.45, 7) is 3.96. The van der Waals surface area contributed by atoms with Gasteiger partial charge in [0.2, 0.25) is 0 Å². The summed E-state index contributed by atoms with van der Waals surface area (Å²) in [4.78, 5) is 0. The van der Waals surface area contributed by atoms with Crippen LogP contribution >= 0.6 is 0 Å². The third-order valence-electron chi connectivity index (χ3n) is 0. The molecule has 0 aliphatic heterocycles. The maximum absolute atomic E-state index is 4.62. The van der Waals surface area contributed by atoms with E-state index in [1.165, 1.54) is 0 Å². The first-order valence-electron chi connectivity index (χ1n) is 1.39. The van der Waals surface area contributed by atoms with E-state index in [1.54, 1.807) is 0 Å². The van der Waals surface area contributed by atoms with E-state index in [0.717, 1.165) is 0 Å². The summed E-state index contributed by atoms with van der Waals surface area (Å²) in [6.07, 6.45) is 0. The normalized spacial score (nSPS) is 7.20. The standard InChI is InChI=1S/C3H8S.Au/c1-3(2)4;/h3-4H,1-2H3;/q;+1/p-1. The van der Waals surface area contributed by atoms with Crippen molar-refractivity contribution in [2.45, 2.75) is 19.1 Å². The molecule has 0 amide bonds. The first-order chi connectivity index (χ1) is 1.73. The van der Waals surface area contributed by atoms with E-state index in [0.29, 0.717) is 5.25 Å². The van der Waals surface area contributed by atoms with Crippen molar-refractivity contribution in [2.75, 3.05) is 0 Å². The van der Waals surface area contributed by atoms with E-state index in [2.05, 4.69) is 12.6 Å². The molecule has 0 N–H and O–H groups in total. The van der Waals surface area contributed by atoms with E-state index in [4.69, 9.17) is 0 Å². The SMILES string of the molecule is CC(C)[S-].[Au+]. The van der Waals surface area contributed by atoms with E-state index < -0.39 is 0 Å². The van der Waals surface area contributed by atoms with Gasteiger partial charge in [0.15, 0.2) is 0 Å². The maximum atomic E-state index is 4.62. The first-order valence-corrected chi connectivity index (χ1v) is 1.86. The Morgan fingerprint density at radius 3 is 1.40 bits per heavy atom. The summed E-state index contributed by atoms with van der Waals surface area (Å²) in [6, 6.07) is 0. The number of rotatable bonds is 0. The smallest absolute Gasteiger partial charge is 0.790 e. The Kier molecular flexibility index (Phi) is 9.60.